The van der Waals surface area contributed by atoms with Gasteiger partial charge in [0, 0.05) is 12.1 Å². The summed E-state index contributed by atoms with van der Waals surface area (Å²) in [7, 11) is 1.61. The third-order valence-corrected chi connectivity index (χ3v) is 3.98. The van der Waals surface area contributed by atoms with E-state index in [9.17, 15) is 9.90 Å². The number of rotatable bonds is 3. The number of methoxy groups -OCH3 is 1. The molecule has 0 aromatic heterocycles. The summed E-state index contributed by atoms with van der Waals surface area (Å²) >= 11 is 0. The van der Waals surface area contributed by atoms with Crippen molar-refractivity contribution in [1.82, 2.24) is 0 Å². The molecule has 114 valence electrons. The molecule has 4 heteroatoms. The molecule has 1 unspecified atom stereocenters. The van der Waals surface area contributed by atoms with E-state index in [0.717, 1.165) is 41.0 Å². The lowest BCUT2D eigenvalue weighted by Gasteiger charge is -2.15. The first-order chi connectivity index (χ1) is 10.7. The Morgan fingerprint density at radius 1 is 1.14 bits per heavy atom. The maximum absolute atomic E-state index is 11.6. The number of aryl methyl sites for hydroxylation is 1. The van der Waals surface area contributed by atoms with Crippen molar-refractivity contribution in [2.45, 2.75) is 25.4 Å². The van der Waals surface area contributed by atoms with Crippen LogP contribution in [0.15, 0.2) is 42.5 Å². The summed E-state index contributed by atoms with van der Waals surface area (Å²) in [6.07, 6.45) is 1.51. The molecule has 2 N–H and O–H groups in total. The monoisotopic (exact) mass is 297 g/mol. The van der Waals surface area contributed by atoms with Crippen molar-refractivity contribution in [3.63, 3.8) is 0 Å². The summed E-state index contributed by atoms with van der Waals surface area (Å²) < 4.78 is 5.20. The van der Waals surface area contributed by atoms with Crippen molar-refractivity contribution in [3.8, 4) is 5.75 Å². The number of aliphatic hydroxyl groups is 1. The first-order valence-corrected chi connectivity index (χ1v) is 7.42. The zero-order chi connectivity index (χ0) is 15.5. The minimum atomic E-state index is -0.709. The van der Waals surface area contributed by atoms with Crippen LogP contribution in [0.4, 0.5) is 5.69 Å². The number of fused-ring (bicyclic) bond motifs is 1. The molecule has 1 atom stereocenters. The maximum Gasteiger partial charge on any atom is 0.224 e. The fourth-order valence-electron chi connectivity index (χ4n) is 2.77. The summed E-state index contributed by atoms with van der Waals surface area (Å²) in [6, 6.07) is 13.1. The summed E-state index contributed by atoms with van der Waals surface area (Å²) in [4.78, 5) is 11.6. The van der Waals surface area contributed by atoms with Gasteiger partial charge in [-0.05, 0) is 47.7 Å². The van der Waals surface area contributed by atoms with Gasteiger partial charge in [0.1, 0.15) is 11.9 Å². The molecule has 0 bridgehead atoms. The highest BCUT2D eigenvalue weighted by Crippen LogP contribution is 2.29. The third kappa shape index (κ3) is 2.97. The van der Waals surface area contributed by atoms with Crippen LogP contribution in [0.25, 0.3) is 0 Å². The Labute approximate surface area is 129 Å². The van der Waals surface area contributed by atoms with Crippen LogP contribution in [0.3, 0.4) is 0 Å². The molecule has 1 aliphatic heterocycles. The molecular weight excluding hydrogens is 278 g/mol. The van der Waals surface area contributed by atoms with Gasteiger partial charge >= 0.3 is 0 Å². The van der Waals surface area contributed by atoms with Crippen molar-refractivity contribution < 1.29 is 14.6 Å². The number of benzene rings is 2. The Bertz CT molecular complexity index is 696. The molecule has 0 aliphatic carbocycles. The largest absolute Gasteiger partial charge is 0.497 e. The van der Waals surface area contributed by atoms with Crippen molar-refractivity contribution in [3.05, 3.63) is 59.2 Å². The summed E-state index contributed by atoms with van der Waals surface area (Å²) in [5, 5.41) is 13.5. The van der Waals surface area contributed by atoms with Crippen LogP contribution in [0.1, 0.15) is 35.6 Å². The van der Waals surface area contributed by atoms with E-state index >= 15 is 0 Å². The van der Waals surface area contributed by atoms with Crippen LogP contribution in [0.2, 0.25) is 0 Å². The molecule has 0 saturated carbocycles. The first-order valence-electron chi connectivity index (χ1n) is 7.42. The Kier molecular flexibility index (Phi) is 4.11. The molecule has 1 aliphatic rings. The first kappa shape index (κ1) is 14.6. The van der Waals surface area contributed by atoms with Gasteiger partial charge in [-0.3, -0.25) is 4.79 Å². The van der Waals surface area contributed by atoms with Gasteiger partial charge in [-0.25, -0.2) is 0 Å². The van der Waals surface area contributed by atoms with Gasteiger partial charge in [0.05, 0.1) is 7.11 Å². The average Bonchev–Trinajstić information content (AvgIpc) is 2.74. The second-order valence-electron chi connectivity index (χ2n) is 5.50. The molecule has 0 saturated heterocycles. The topological polar surface area (TPSA) is 58.6 Å². The van der Waals surface area contributed by atoms with Crippen LogP contribution in [0, 0.1) is 0 Å². The standard InChI is InChI=1S/C18H19NO3/c1-22-15-6-2-5-13(11-15)18(21)14-8-9-16-12(10-14)4-3-7-17(20)19-16/h2,5-6,8-11,18,21H,3-4,7H2,1H3,(H,19,20). The molecule has 0 spiro atoms. The molecule has 4 nitrogen and oxygen atoms in total. The Morgan fingerprint density at radius 3 is 2.77 bits per heavy atom. The van der Waals surface area contributed by atoms with Crippen LogP contribution in [-0.2, 0) is 11.2 Å². The number of aliphatic hydroxyl groups excluding tert-OH is 1. The van der Waals surface area contributed by atoms with Crippen LogP contribution >= 0.6 is 0 Å². The highest BCUT2D eigenvalue weighted by atomic mass is 16.5. The van der Waals surface area contributed by atoms with E-state index in [-0.39, 0.29) is 5.91 Å². The van der Waals surface area contributed by atoms with Crippen LogP contribution in [0.5, 0.6) is 5.75 Å². The second-order valence-corrected chi connectivity index (χ2v) is 5.50. The number of amides is 1. The minimum Gasteiger partial charge on any atom is -0.497 e. The van der Waals surface area contributed by atoms with E-state index in [1.807, 2.05) is 42.5 Å². The molecule has 22 heavy (non-hydrogen) atoms. The smallest absolute Gasteiger partial charge is 0.224 e. The normalized spacial score (nSPS) is 15.5. The lowest BCUT2D eigenvalue weighted by Crippen LogP contribution is -2.09. The predicted molar refractivity (Wildman–Crippen MR) is 85.1 cm³/mol. The van der Waals surface area contributed by atoms with Gasteiger partial charge in [-0.2, -0.15) is 0 Å². The van der Waals surface area contributed by atoms with Crippen molar-refractivity contribution in [1.29, 1.82) is 0 Å². The van der Waals surface area contributed by atoms with Gasteiger partial charge < -0.3 is 15.2 Å². The van der Waals surface area contributed by atoms with Crippen molar-refractivity contribution in [2.24, 2.45) is 0 Å². The SMILES string of the molecule is COc1cccc(C(O)c2ccc3c(c2)CCCC(=O)N3)c1. The summed E-state index contributed by atoms with van der Waals surface area (Å²) in [5.74, 6) is 0.776. The number of carbonyl (C=O) groups excluding carboxylic acids is 1. The van der Waals surface area contributed by atoms with Gasteiger partial charge in [-0.1, -0.05) is 24.3 Å². The summed E-state index contributed by atoms with van der Waals surface area (Å²) in [5.41, 5.74) is 3.54. The summed E-state index contributed by atoms with van der Waals surface area (Å²) in [6.45, 7) is 0. The van der Waals surface area contributed by atoms with E-state index in [4.69, 9.17) is 4.74 Å². The lowest BCUT2D eigenvalue weighted by atomic mass is 9.97. The Morgan fingerprint density at radius 2 is 1.95 bits per heavy atom. The minimum absolute atomic E-state index is 0.0554. The van der Waals surface area contributed by atoms with E-state index in [1.165, 1.54) is 0 Å². The van der Waals surface area contributed by atoms with E-state index in [0.29, 0.717) is 6.42 Å². The van der Waals surface area contributed by atoms with Crippen molar-refractivity contribution in [2.75, 3.05) is 12.4 Å². The highest BCUT2D eigenvalue weighted by molar-refractivity contribution is 5.92. The molecular formula is C18H19NO3. The molecule has 2 aromatic rings. The fraction of sp³-hybridized carbons (Fsp3) is 0.278. The third-order valence-electron chi connectivity index (χ3n) is 3.98. The van der Waals surface area contributed by atoms with Gasteiger partial charge in [0.25, 0.3) is 0 Å². The lowest BCUT2D eigenvalue weighted by molar-refractivity contribution is -0.116. The maximum atomic E-state index is 11.6. The van der Waals surface area contributed by atoms with E-state index in [2.05, 4.69) is 5.32 Å². The predicted octanol–water partition coefficient (Wildman–Crippen LogP) is 3.05. The number of hydrogen-bond donors (Lipinski definition) is 2. The number of hydrogen-bond acceptors (Lipinski definition) is 3. The molecule has 0 radical (unpaired) electrons. The fourth-order valence-corrected chi connectivity index (χ4v) is 2.77. The van der Waals surface area contributed by atoms with Gasteiger partial charge in [0.2, 0.25) is 5.91 Å². The zero-order valence-electron chi connectivity index (χ0n) is 12.5. The van der Waals surface area contributed by atoms with Crippen molar-refractivity contribution >= 4 is 11.6 Å². The molecule has 2 aromatic carbocycles. The van der Waals surface area contributed by atoms with Gasteiger partial charge in [0.15, 0.2) is 0 Å². The zero-order valence-corrected chi connectivity index (χ0v) is 12.5. The van der Waals surface area contributed by atoms with Crippen LogP contribution in [-0.4, -0.2) is 18.1 Å². The molecule has 1 heterocycles. The molecule has 3 rings (SSSR count). The molecule has 0 fully saturated rings. The number of ether oxygens (including phenoxy) is 1. The van der Waals surface area contributed by atoms with E-state index < -0.39 is 6.10 Å². The van der Waals surface area contributed by atoms with Gasteiger partial charge in [-0.15, -0.1) is 0 Å². The number of nitrogens with one attached hydrogen (secondary N) is 1. The van der Waals surface area contributed by atoms with Crippen LogP contribution < -0.4 is 10.1 Å². The highest BCUT2D eigenvalue weighted by Gasteiger charge is 2.16. The quantitative estimate of drug-likeness (QED) is 0.915. The average molecular weight is 297 g/mol. The molecule has 1 amide bonds. The second kappa shape index (κ2) is 6.20. The number of anilines is 1. The Balaban J connectivity index is 1.91. The van der Waals surface area contributed by atoms with E-state index in [1.54, 1.807) is 7.11 Å². The number of carbonyl (C=O) groups is 1. The Hall–Kier alpha value is -2.33.